The van der Waals surface area contributed by atoms with Gasteiger partial charge in [0.15, 0.2) is 23.3 Å². The predicted molar refractivity (Wildman–Crippen MR) is 262 cm³/mol. The highest BCUT2D eigenvalue weighted by molar-refractivity contribution is 5.79. The molecule has 2 aliphatic rings. The third kappa shape index (κ3) is 9.19. The van der Waals surface area contributed by atoms with E-state index in [9.17, 15) is 0 Å². The third-order valence-corrected chi connectivity index (χ3v) is 13.4. The highest BCUT2D eigenvalue weighted by atomic mass is 15.0. The first kappa shape index (κ1) is 41.4. The zero-order valence-electron chi connectivity index (χ0n) is 37.3. The summed E-state index contributed by atoms with van der Waals surface area (Å²) in [5, 5.41) is 0. The number of benzene rings is 5. The normalized spacial score (nSPS) is 15.0. The molecule has 2 aliphatic carbocycles. The van der Waals surface area contributed by atoms with Gasteiger partial charge in [0.1, 0.15) is 0 Å². The van der Waals surface area contributed by atoms with Crippen LogP contribution in [0.3, 0.4) is 0 Å². The van der Waals surface area contributed by atoms with E-state index in [-0.39, 0.29) is 5.41 Å². The SMILES string of the molecule is CC(C)(C)c1cc(-c2cccc(-c3nc(-c4cccc(-c5cccnc5)c4)nc(-c4cccc(-c5ncccn5)c4)n3)c2)cc(-c2cc(C3CCCCC3)cc(C3CCCCC3)c2)c1. The molecule has 0 N–H and O–H groups in total. The van der Waals surface area contributed by atoms with E-state index >= 15 is 0 Å². The van der Waals surface area contributed by atoms with Crippen LogP contribution >= 0.6 is 0 Å². The molecule has 10 rings (SSSR count). The van der Waals surface area contributed by atoms with Crippen LogP contribution in [0, 0.1) is 0 Å². The van der Waals surface area contributed by atoms with E-state index in [1.165, 1.54) is 86.5 Å². The zero-order chi connectivity index (χ0) is 43.5. The second-order valence-corrected chi connectivity index (χ2v) is 19.0. The first-order valence-corrected chi connectivity index (χ1v) is 23.4. The minimum absolute atomic E-state index is 0.0444. The Morgan fingerprint density at radius 3 is 1.30 bits per heavy atom. The monoisotopic (exact) mass is 836 g/mol. The average Bonchev–Trinajstić information content (AvgIpc) is 3.37. The zero-order valence-corrected chi connectivity index (χ0v) is 37.3. The largest absolute Gasteiger partial charge is 0.264 e. The molecule has 318 valence electrons. The summed E-state index contributed by atoms with van der Waals surface area (Å²) < 4.78 is 0. The predicted octanol–water partition coefficient (Wildman–Crippen LogP) is 15.1. The Morgan fingerprint density at radius 1 is 0.375 bits per heavy atom. The number of pyridine rings is 1. The number of rotatable bonds is 9. The van der Waals surface area contributed by atoms with Crippen molar-refractivity contribution in [3.05, 3.63) is 169 Å². The minimum atomic E-state index is -0.0444. The fourth-order valence-electron chi connectivity index (χ4n) is 9.80. The van der Waals surface area contributed by atoms with Crippen LogP contribution < -0.4 is 0 Å². The van der Waals surface area contributed by atoms with Crippen LogP contribution in [0.2, 0.25) is 0 Å². The molecular formula is C58H56N6. The summed E-state index contributed by atoms with van der Waals surface area (Å²) >= 11 is 0. The van der Waals surface area contributed by atoms with Crippen molar-refractivity contribution in [1.82, 2.24) is 29.9 Å². The first-order chi connectivity index (χ1) is 31.3. The van der Waals surface area contributed by atoms with Gasteiger partial charge in [-0.1, -0.05) is 150 Å². The lowest BCUT2D eigenvalue weighted by molar-refractivity contribution is 0.435. The lowest BCUT2D eigenvalue weighted by Crippen LogP contribution is -2.11. The molecule has 6 heteroatoms. The van der Waals surface area contributed by atoms with Gasteiger partial charge in [-0.2, -0.15) is 0 Å². The van der Waals surface area contributed by atoms with Crippen LogP contribution in [0.25, 0.3) is 78.9 Å². The maximum absolute atomic E-state index is 5.22. The molecule has 0 amide bonds. The summed E-state index contributed by atoms with van der Waals surface area (Å²) in [4.78, 5) is 29.0. The van der Waals surface area contributed by atoms with Gasteiger partial charge < -0.3 is 0 Å². The summed E-state index contributed by atoms with van der Waals surface area (Å²) in [5.74, 6) is 3.75. The Hall–Kier alpha value is -6.66. The topological polar surface area (TPSA) is 77.3 Å². The summed E-state index contributed by atoms with van der Waals surface area (Å²) in [6, 6.07) is 46.0. The summed E-state index contributed by atoms with van der Waals surface area (Å²) in [7, 11) is 0. The van der Waals surface area contributed by atoms with Gasteiger partial charge in [-0.15, -0.1) is 0 Å². The van der Waals surface area contributed by atoms with Crippen molar-refractivity contribution in [2.24, 2.45) is 0 Å². The molecule has 0 unspecified atom stereocenters. The van der Waals surface area contributed by atoms with E-state index in [0.29, 0.717) is 35.1 Å². The highest BCUT2D eigenvalue weighted by Crippen LogP contribution is 2.42. The lowest BCUT2D eigenvalue weighted by Gasteiger charge is -2.27. The number of aromatic nitrogens is 6. The Balaban J connectivity index is 1.09. The van der Waals surface area contributed by atoms with E-state index in [1.807, 2.05) is 36.5 Å². The number of hydrogen-bond donors (Lipinski definition) is 0. The number of hydrogen-bond acceptors (Lipinski definition) is 6. The quantitative estimate of drug-likeness (QED) is 0.144. The van der Waals surface area contributed by atoms with Gasteiger partial charge in [0, 0.05) is 52.6 Å². The van der Waals surface area contributed by atoms with Crippen LogP contribution in [-0.2, 0) is 5.41 Å². The van der Waals surface area contributed by atoms with Gasteiger partial charge in [0.25, 0.3) is 0 Å². The minimum Gasteiger partial charge on any atom is -0.264 e. The van der Waals surface area contributed by atoms with Crippen molar-refractivity contribution < 1.29 is 0 Å². The molecule has 0 bridgehead atoms. The first-order valence-electron chi connectivity index (χ1n) is 23.4. The van der Waals surface area contributed by atoms with E-state index < -0.39 is 0 Å². The van der Waals surface area contributed by atoms with E-state index in [4.69, 9.17) is 15.0 Å². The molecule has 3 heterocycles. The molecule has 0 spiro atoms. The molecule has 0 aliphatic heterocycles. The highest BCUT2D eigenvalue weighted by Gasteiger charge is 2.23. The van der Waals surface area contributed by atoms with Crippen molar-refractivity contribution in [3.8, 4) is 78.9 Å². The summed E-state index contributed by atoms with van der Waals surface area (Å²) in [6.07, 6.45) is 20.5. The van der Waals surface area contributed by atoms with Gasteiger partial charge in [0.05, 0.1) is 0 Å². The van der Waals surface area contributed by atoms with Crippen molar-refractivity contribution in [2.45, 2.75) is 102 Å². The number of nitrogens with zero attached hydrogens (tertiary/aromatic N) is 6. The Labute approximate surface area is 378 Å². The van der Waals surface area contributed by atoms with Crippen LogP contribution in [0.15, 0.2) is 152 Å². The average molecular weight is 837 g/mol. The van der Waals surface area contributed by atoms with Crippen LogP contribution in [0.1, 0.15) is 114 Å². The molecule has 2 saturated carbocycles. The molecule has 6 nitrogen and oxygen atoms in total. The maximum Gasteiger partial charge on any atom is 0.164 e. The summed E-state index contributed by atoms with van der Waals surface area (Å²) in [5.41, 5.74) is 15.0. The lowest BCUT2D eigenvalue weighted by atomic mass is 9.78. The molecule has 0 atom stereocenters. The summed E-state index contributed by atoms with van der Waals surface area (Å²) in [6.45, 7) is 6.98. The second kappa shape index (κ2) is 18.2. The fourth-order valence-corrected chi connectivity index (χ4v) is 9.80. The van der Waals surface area contributed by atoms with E-state index in [1.54, 1.807) is 29.7 Å². The van der Waals surface area contributed by atoms with E-state index in [0.717, 1.165) is 38.9 Å². The molecule has 5 aromatic carbocycles. The molecule has 3 aromatic heterocycles. The van der Waals surface area contributed by atoms with Crippen LogP contribution in [0.4, 0.5) is 0 Å². The maximum atomic E-state index is 5.22. The molecule has 2 fully saturated rings. The van der Waals surface area contributed by atoms with Crippen molar-refractivity contribution >= 4 is 0 Å². The Kier molecular flexibility index (Phi) is 11.8. The van der Waals surface area contributed by atoms with Crippen molar-refractivity contribution in [1.29, 1.82) is 0 Å². The van der Waals surface area contributed by atoms with Crippen molar-refractivity contribution in [2.75, 3.05) is 0 Å². The smallest absolute Gasteiger partial charge is 0.164 e. The van der Waals surface area contributed by atoms with Gasteiger partial charge in [-0.05, 0) is 124 Å². The van der Waals surface area contributed by atoms with Gasteiger partial charge in [-0.25, -0.2) is 24.9 Å². The van der Waals surface area contributed by atoms with Crippen molar-refractivity contribution in [3.63, 3.8) is 0 Å². The molecule has 0 saturated heterocycles. The Morgan fingerprint density at radius 2 is 0.797 bits per heavy atom. The molecular weight excluding hydrogens is 781 g/mol. The standard InChI is InChI=1S/C58H56N6/c1-58(2,3)53-36-51(35-52(37-53)50-33-48(39-15-6-4-7-16-39)32-49(34-50)40-17-8-5-9-18-40)42-20-11-23-45(30-42)56-62-55(44-22-10-19-41(29-44)47-25-13-26-59-38-47)63-57(64-56)46-24-12-21-43(31-46)54-60-27-14-28-61-54/h10-14,19-40H,4-9,15-18H2,1-3H3. The van der Waals surface area contributed by atoms with Crippen LogP contribution in [-0.4, -0.2) is 29.9 Å². The second-order valence-electron chi connectivity index (χ2n) is 19.0. The fraction of sp³-hybridized carbons (Fsp3) is 0.276. The third-order valence-electron chi connectivity index (χ3n) is 13.4. The molecule has 64 heavy (non-hydrogen) atoms. The van der Waals surface area contributed by atoms with E-state index in [2.05, 4.69) is 133 Å². The van der Waals surface area contributed by atoms with Crippen LogP contribution in [0.5, 0.6) is 0 Å². The molecule has 0 radical (unpaired) electrons. The Bertz CT molecular complexity index is 2750. The molecule has 8 aromatic rings. The van der Waals surface area contributed by atoms with Gasteiger partial charge in [0.2, 0.25) is 0 Å². The van der Waals surface area contributed by atoms with Gasteiger partial charge in [-0.3, -0.25) is 4.98 Å². The van der Waals surface area contributed by atoms with Gasteiger partial charge >= 0.3 is 0 Å².